The first-order valence-electron chi connectivity index (χ1n) is 8.23. The van der Waals surface area contributed by atoms with E-state index in [-0.39, 0.29) is 0 Å². The number of nitrogens with one attached hydrogen (secondary N) is 1. The molecule has 118 valence electrons. The molecule has 0 heterocycles. The van der Waals surface area contributed by atoms with E-state index in [1.807, 2.05) is 19.2 Å². The number of aliphatic hydroxyl groups is 1. The minimum Gasteiger partial charge on any atom is -0.491 e. The summed E-state index contributed by atoms with van der Waals surface area (Å²) < 4.78 is 5.79. The Bertz CT molecular complexity index is 410. The molecule has 1 saturated carbocycles. The van der Waals surface area contributed by atoms with Gasteiger partial charge in [-0.1, -0.05) is 31.4 Å². The summed E-state index contributed by atoms with van der Waals surface area (Å²) >= 11 is 0. The first-order valence-corrected chi connectivity index (χ1v) is 8.23. The standard InChI is InChI=1S/C18H29NO2/c1-15(19-2)6-7-16-8-10-17(11-9-16)21-14-18(20)12-4-3-5-13-18/h8-11,15,19-20H,3-7,12-14H2,1-2H3. The zero-order chi connectivity index (χ0) is 15.1. The van der Waals surface area contributed by atoms with Crippen LogP contribution in [0.3, 0.4) is 0 Å². The van der Waals surface area contributed by atoms with Gasteiger partial charge in [0.05, 0.1) is 5.60 Å². The average Bonchev–Trinajstić information content (AvgIpc) is 2.52. The van der Waals surface area contributed by atoms with Crippen molar-refractivity contribution in [1.82, 2.24) is 5.32 Å². The maximum atomic E-state index is 10.4. The molecule has 1 aromatic carbocycles. The molecule has 1 unspecified atom stereocenters. The van der Waals surface area contributed by atoms with Gasteiger partial charge in [0, 0.05) is 6.04 Å². The van der Waals surface area contributed by atoms with Crippen LogP contribution in [-0.2, 0) is 6.42 Å². The van der Waals surface area contributed by atoms with E-state index in [0.29, 0.717) is 12.6 Å². The monoisotopic (exact) mass is 291 g/mol. The van der Waals surface area contributed by atoms with E-state index in [1.54, 1.807) is 0 Å². The SMILES string of the molecule is CNC(C)CCc1ccc(OCC2(O)CCCCC2)cc1. The Morgan fingerprint density at radius 1 is 1.19 bits per heavy atom. The smallest absolute Gasteiger partial charge is 0.119 e. The van der Waals surface area contributed by atoms with Crippen LogP contribution >= 0.6 is 0 Å². The molecule has 1 fully saturated rings. The fourth-order valence-electron chi connectivity index (χ4n) is 2.85. The normalized spacial score (nSPS) is 19.2. The Kier molecular flexibility index (Phi) is 6.07. The topological polar surface area (TPSA) is 41.5 Å². The van der Waals surface area contributed by atoms with Crippen molar-refractivity contribution in [2.75, 3.05) is 13.7 Å². The molecule has 0 bridgehead atoms. The Morgan fingerprint density at radius 2 is 1.86 bits per heavy atom. The molecule has 0 spiro atoms. The van der Waals surface area contributed by atoms with Gasteiger partial charge in [-0.3, -0.25) is 0 Å². The third-order valence-corrected chi connectivity index (χ3v) is 4.57. The quantitative estimate of drug-likeness (QED) is 0.810. The van der Waals surface area contributed by atoms with Crippen molar-refractivity contribution in [2.45, 2.75) is 63.5 Å². The molecular weight excluding hydrogens is 262 g/mol. The van der Waals surface area contributed by atoms with Gasteiger partial charge in [0.15, 0.2) is 0 Å². The molecule has 2 N–H and O–H groups in total. The molecule has 0 radical (unpaired) electrons. The highest BCUT2D eigenvalue weighted by Crippen LogP contribution is 2.28. The highest BCUT2D eigenvalue weighted by atomic mass is 16.5. The Morgan fingerprint density at radius 3 is 2.48 bits per heavy atom. The third kappa shape index (κ3) is 5.33. The van der Waals surface area contributed by atoms with E-state index in [1.165, 1.54) is 12.0 Å². The highest BCUT2D eigenvalue weighted by Gasteiger charge is 2.29. The number of hydrogen-bond donors (Lipinski definition) is 2. The molecular formula is C18H29NO2. The fourth-order valence-corrected chi connectivity index (χ4v) is 2.85. The highest BCUT2D eigenvalue weighted by molar-refractivity contribution is 5.27. The Labute approximate surface area is 128 Å². The second-order valence-electron chi connectivity index (χ2n) is 6.45. The third-order valence-electron chi connectivity index (χ3n) is 4.57. The van der Waals surface area contributed by atoms with Gasteiger partial charge in [-0.05, 0) is 57.4 Å². The summed E-state index contributed by atoms with van der Waals surface area (Å²) in [5.41, 5.74) is 0.722. The van der Waals surface area contributed by atoms with Crippen molar-refractivity contribution < 1.29 is 9.84 Å². The second kappa shape index (κ2) is 7.81. The maximum absolute atomic E-state index is 10.4. The van der Waals surface area contributed by atoms with Crippen LogP contribution in [-0.4, -0.2) is 30.4 Å². The van der Waals surface area contributed by atoms with Crippen LogP contribution in [0.2, 0.25) is 0 Å². The summed E-state index contributed by atoms with van der Waals surface area (Å²) in [6.07, 6.45) is 7.41. The van der Waals surface area contributed by atoms with Crippen LogP contribution in [0.4, 0.5) is 0 Å². The minimum absolute atomic E-state index is 0.420. The van der Waals surface area contributed by atoms with Crippen LogP contribution in [0, 0.1) is 0 Å². The van der Waals surface area contributed by atoms with Gasteiger partial charge in [-0.15, -0.1) is 0 Å². The number of benzene rings is 1. The summed E-state index contributed by atoms with van der Waals surface area (Å²) in [5.74, 6) is 0.861. The van der Waals surface area contributed by atoms with E-state index in [9.17, 15) is 5.11 Å². The van der Waals surface area contributed by atoms with Gasteiger partial charge in [0.2, 0.25) is 0 Å². The number of ether oxygens (including phenoxy) is 1. The Hall–Kier alpha value is -1.06. The molecule has 2 rings (SSSR count). The lowest BCUT2D eigenvalue weighted by atomic mass is 9.85. The lowest BCUT2D eigenvalue weighted by Crippen LogP contribution is -2.37. The van der Waals surface area contributed by atoms with E-state index >= 15 is 0 Å². The molecule has 1 aromatic rings. The lowest BCUT2D eigenvalue weighted by molar-refractivity contribution is -0.0339. The van der Waals surface area contributed by atoms with E-state index in [0.717, 1.165) is 44.3 Å². The first-order chi connectivity index (χ1) is 10.1. The van der Waals surface area contributed by atoms with Crippen LogP contribution in [0.15, 0.2) is 24.3 Å². The van der Waals surface area contributed by atoms with Gasteiger partial charge in [-0.25, -0.2) is 0 Å². The molecule has 0 amide bonds. The fraction of sp³-hybridized carbons (Fsp3) is 0.667. The summed E-state index contributed by atoms with van der Waals surface area (Å²) in [6, 6.07) is 8.84. The first kappa shape index (κ1) is 16.3. The number of aryl methyl sites for hydroxylation is 1. The molecule has 21 heavy (non-hydrogen) atoms. The molecule has 1 aliphatic carbocycles. The molecule has 0 saturated heterocycles. The van der Waals surface area contributed by atoms with Crippen molar-refractivity contribution in [3.8, 4) is 5.75 Å². The minimum atomic E-state index is -0.612. The second-order valence-corrected chi connectivity index (χ2v) is 6.45. The van der Waals surface area contributed by atoms with Crippen molar-refractivity contribution >= 4 is 0 Å². The molecule has 1 atom stereocenters. The van der Waals surface area contributed by atoms with Gasteiger partial charge in [-0.2, -0.15) is 0 Å². The maximum Gasteiger partial charge on any atom is 0.119 e. The molecule has 0 aliphatic heterocycles. The van der Waals surface area contributed by atoms with Crippen molar-refractivity contribution in [3.63, 3.8) is 0 Å². The Balaban J connectivity index is 1.79. The average molecular weight is 291 g/mol. The van der Waals surface area contributed by atoms with Crippen molar-refractivity contribution in [3.05, 3.63) is 29.8 Å². The van der Waals surface area contributed by atoms with Crippen LogP contribution < -0.4 is 10.1 Å². The summed E-state index contributed by atoms with van der Waals surface area (Å²) in [6.45, 7) is 2.62. The molecule has 0 aromatic heterocycles. The molecule has 3 heteroatoms. The summed E-state index contributed by atoms with van der Waals surface area (Å²) in [5, 5.41) is 13.7. The summed E-state index contributed by atoms with van der Waals surface area (Å²) in [4.78, 5) is 0. The van der Waals surface area contributed by atoms with Gasteiger partial charge in [0.1, 0.15) is 12.4 Å². The predicted molar refractivity (Wildman–Crippen MR) is 86.8 cm³/mol. The number of rotatable bonds is 7. The van der Waals surface area contributed by atoms with Gasteiger partial charge in [0.25, 0.3) is 0 Å². The predicted octanol–water partition coefficient (Wildman–Crippen LogP) is 3.30. The van der Waals surface area contributed by atoms with E-state index < -0.39 is 5.60 Å². The van der Waals surface area contributed by atoms with E-state index in [4.69, 9.17) is 4.74 Å². The van der Waals surface area contributed by atoms with Gasteiger partial charge >= 0.3 is 0 Å². The lowest BCUT2D eigenvalue weighted by Gasteiger charge is -2.31. The van der Waals surface area contributed by atoms with Crippen LogP contribution in [0.25, 0.3) is 0 Å². The number of hydrogen-bond acceptors (Lipinski definition) is 3. The van der Waals surface area contributed by atoms with Crippen LogP contribution in [0.5, 0.6) is 5.75 Å². The largest absolute Gasteiger partial charge is 0.491 e. The summed E-state index contributed by atoms with van der Waals surface area (Å²) in [7, 11) is 2.00. The van der Waals surface area contributed by atoms with Crippen molar-refractivity contribution in [1.29, 1.82) is 0 Å². The molecule has 3 nitrogen and oxygen atoms in total. The van der Waals surface area contributed by atoms with Gasteiger partial charge < -0.3 is 15.2 Å². The zero-order valence-electron chi connectivity index (χ0n) is 13.4. The van der Waals surface area contributed by atoms with E-state index in [2.05, 4.69) is 24.4 Å². The zero-order valence-corrected chi connectivity index (χ0v) is 13.4. The van der Waals surface area contributed by atoms with Crippen molar-refractivity contribution in [2.24, 2.45) is 0 Å². The molecule has 1 aliphatic rings. The van der Waals surface area contributed by atoms with Crippen LogP contribution in [0.1, 0.15) is 51.0 Å².